The number of carbonyl (C=O) groups excluding carboxylic acids is 1. The molecule has 5 nitrogen and oxygen atoms in total. The van der Waals surface area contributed by atoms with Gasteiger partial charge in [0.15, 0.2) is 0 Å². The molecule has 4 rings (SSSR count). The third-order valence-corrected chi connectivity index (χ3v) is 5.85. The summed E-state index contributed by atoms with van der Waals surface area (Å²) in [4.78, 5) is 21.2. The van der Waals surface area contributed by atoms with E-state index < -0.39 is 0 Å². The number of likely N-dealkylation sites (tertiary alicyclic amines) is 1. The van der Waals surface area contributed by atoms with Crippen LogP contribution >= 0.6 is 0 Å². The Labute approximate surface area is 167 Å². The maximum absolute atomic E-state index is 12.6. The lowest BCUT2D eigenvalue weighted by Crippen LogP contribution is -2.31. The van der Waals surface area contributed by atoms with Crippen LogP contribution in [0.15, 0.2) is 36.5 Å². The predicted octanol–water partition coefficient (Wildman–Crippen LogP) is 4.25. The first kappa shape index (κ1) is 18.9. The number of aromatic nitrogens is 1. The second-order valence-electron chi connectivity index (χ2n) is 7.91. The molecule has 0 N–H and O–H groups in total. The van der Waals surface area contributed by atoms with Crippen molar-refractivity contribution in [2.75, 3.05) is 24.6 Å². The van der Waals surface area contributed by atoms with Gasteiger partial charge in [-0.1, -0.05) is 0 Å². The van der Waals surface area contributed by atoms with Crippen LogP contribution in [0.4, 0.5) is 11.4 Å². The number of benzene rings is 1. The van der Waals surface area contributed by atoms with Crippen molar-refractivity contribution in [1.29, 1.82) is 0 Å². The number of aryl methyl sites for hydroxylation is 2. The highest BCUT2D eigenvalue weighted by molar-refractivity contribution is 6.03. The standard InChI is InChI=1S/C23H29N3O2/c1-17-6-8-20(16-24-17)26-22-10-9-21(15-19(22)7-11-23(26)27)28-14-4-13-25-12-3-5-18(25)2/h6,8-10,15-16,18H,3-5,7,11-14H2,1-2H3/t18-/m1/s1. The fourth-order valence-corrected chi connectivity index (χ4v) is 4.22. The molecule has 0 unspecified atom stereocenters. The van der Waals surface area contributed by atoms with Crippen LogP contribution < -0.4 is 9.64 Å². The normalized spacial score (nSPS) is 19.7. The van der Waals surface area contributed by atoms with Gasteiger partial charge in [0, 0.05) is 24.7 Å². The van der Waals surface area contributed by atoms with Gasteiger partial charge in [-0.3, -0.25) is 14.7 Å². The first-order valence-electron chi connectivity index (χ1n) is 10.4. The van der Waals surface area contributed by atoms with Crippen LogP contribution in [-0.2, 0) is 11.2 Å². The first-order valence-corrected chi connectivity index (χ1v) is 10.4. The van der Waals surface area contributed by atoms with Gasteiger partial charge in [0.05, 0.1) is 24.2 Å². The van der Waals surface area contributed by atoms with Gasteiger partial charge < -0.3 is 9.64 Å². The van der Waals surface area contributed by atoms with Gasteiger partial charge in [-0.15, -0.1) is 0 Å². The molecule has 0 aliphatic carbocycles. The quantitative estimate of drug-likeness (QED) is 0.704. The molecule has 3 heterocycles. The van der Waals surface area contributed by atoms with Crippen LogP contribution in [0, 0.1) is 6.92 Å². The Balaban J connectivity index is 1.41. The minimum Gasteiger partial charge on any atom is -0.494 e. The van der Waals surface area contributed by atoms with Crippen molar-refractivity contribution in [1.82, 2.24) is 9.88 Å². The Morgan fingerprint density at radius 1 is 1.21 bits per heavy atom. The SMILES string of the molecule is Cc1ccc(N2C(=O)CCc3cc(OCCCN4CCC[C@H]4C)ccc32)cn1. The van der Waals surface area contributed by atoms with Crippen molar-refractivity contribution in [3.63, 3.8) is 0 Å². The Morgan fingerprint density at radius 3 is 2.86 bits per heavy atom. The largest absolute Gasteiger partial charge is 0.494 e. The van der Waals surface area contributed by atoms with Crippen LogP contribution in [0.1, 0.15) is 43.9 Å². The Kier molecular flexibility index (Phi) is 5.62. The molecule has 0 saturated carbocycles. The van der Waals surface area contributed by atoms with Crippen molar-refractivity contribution in [2.45, 2.75) is 52.0 Å². The molecule has 148 valence electrons. The summed E-state index contributed by atoms with van der Waals surface area (Å²) < 4.78 is 6.01. The Bertz CT molecular complexity index is 834. The zero-order valence-corrected chi connectivity index (χ0v) is 16.9. The van der Waals surface area contributed by atoms with E-state index >= 15 is 0 Å². The molecule has 2 aliphatic rings. The number of rotatable bonds is 6. The van der Waals surface area contributed by atoms with Crippen LogP contribution in [0.2, 0.25) is 0 Å². The number of hydrogen-bond donors (Lipinski definition) is 0. The van der Waals surface area contributed by atoms with Gasteiger partial charge in [0.2, 0.25) is 5.91 Å². The summed E-state index contributed by atoms with van der Waals surface area (Å²) in [6.45, 7) is 7.32. The maximum Gasteiger partial charge on any atom is 0.231 e. The van der Waals surface area contributed by atoms with Crippen molar-refractivity contribution < 1.29 is 9.53 Å². The van der Waals surface area contributed by atoms with E-state index in [1.54, 1.807) is 11.1 Å². The van der Waals surface area contributed by atoms with E-state index in [9.17, 15) is 4.79 Å². The number of pyridine rings is 1. The highest BCUT2D eigenvalue weighted by atomic mass is 16.5. The zero-order valence-electron chi connectivity index (χ0n) is 16.9. The number of hydrogen-bond acceptors (Lipinski definition) is 4. The molecule has 0 spiro atoms. The van der Waals surface area contributed by atoms with Crippen molar-refractivity contribution in [3.8, 4) is 5.75 Å². The molecular formula is C23H29N3O2. The summed E-state index contributed by atoms with van der Waals surface area (Å²) in [5.41, 5.74) is 3.87. The average Bonchev–Trinajstić information content (AvgIpc) is 3.11. The lowest BCUT2D eigenvalue weighted by Gasteiger charge is -2.29. The smallest absolute Gasteiger partial charge is 0.231 e. The maximum atomic E-state index is 12.6. The van der Waals surface area contributed by atoms with E-state index in [4.69, 9.17) is 4.74 Å². The second-order valence-corrected chi connectivity index (χ2v) is 7.91. The summed E-state index contributed by atoms with van der Waals surface area (Å²) in [7, 11) is 0. The third-order valence-electron chi connectivity index (χ3n) is 5.85. The third kappa shape index (κ3) is 4.04. The van der Waals surface area contributed by atoms with Crippen molar-refractivity contribution in [3.05, 3.63) is 47.8 Å². The molecule has 1 atom stereocenters. The molecule has 0 radical (unpaired) electrons. The molecule has 1 aromatic carbocycles. The van der Waals surface area contributed by atoms with E-state index in [0.29, 0.717) is 12.5 Å². The van der Waals surface area contributed by atoms with Crippen molar-refractivity contribution in [2.24, 2.45) is 0 Å². The summed E-state index contributed by atoms with van der Waals surface area (Å²) >= 11 is 0. The monoisotopic (exact) mass is 379 g/mol. The summed E-state index contributed by atoms with van der Waals surface area (Å²) in [6.07, 6.45) is 6.72. The highest BCUT2D eigenvalue weighted by Crippen LogP contribution is 2.36. The Morgan fingerprint density at radius 2 is 2.11 bits per heavy atom. The van der Waals surface area contributed by atoms with Gasteiger partial charge in [-0.25, -0.2) is 0 Å². The molecule has 1 fully saturated rings. The minimum atomic E-state index is 0.117. The summed E-state index contributed by atoms with van der Waals surface area (Å²) in [6, 6.07) is 10.7. The molecular weight excluding hydrogens is 350 g/mol. The fraction of sp³-hybridized carbons (Fsp3) is 0.478. The van der Waals surface area contributed by atoms with Gasteiger partial charge in [0.1, 0.15) is 5.75 Å². The number of fused-ring (bicyclic) bond motifs is 1. The molecule has 28 heavy (non-hydrogen) atoms. The summed E-state index contributed by atoms with van der Waals surface area (Å²) in [5, 5.41) is 0. The fourth-order valence-electron chi connectivity index (χ4n) is 4.22. The predicted molar refractivity (Wildman–Crippen MR) is 111 cm³/mol. The number of amides is 1. The zero-order chi connectivity index (χ0) is 19.5. The van der Waals surface area contributed by atoms with E-state index in [2.05, 4.69) is 22.9 Å². The molecule has 1 aromatic heterocycles. The van der Waals surface area contributed by atoms with E-state index in [-0.39, 0.29) is 5.91 Å². The Hall–Kier alpha value is -2.40. The number of ether oxygens (including phenoxy) is 1. The second kappa shape index (κ2) is 8.31. The molecule has 5 heteroatoms. The van der Waals surface area contributed by atoms with Crippen LogP contribution in [-0.4, -0.2) is 41.5 Å². The molecule has 0 bridgehead atoms. The average molecular weight is 380 g/mol. The van der Waals surface area contributed by atoms with Crippen LogP contribution in [0.5, 0.6) is 5.75 Å². The lowest BCUT2D eigenvalue weighted by atomic mass is 10.00. The van der Waals surface area contributed by atoms with Gasteiger partial charge in [-0.2, -0.15) is 0 Å². The topological polar surface area (TPSA) is 45.7 Å². The molecule has 2 aliphatic heterocycles. The van der Waals surface area contributed by atoms with Crippen molar-refractivity contribution >= 4 is 17.3 Å². The van der Waals surface area contributed by atoms with Crippen LogP contribution in [0.3, 0.4) is 0 Å². The molecule has 2 aromatic rings. The molecule has 1 amide bonds. The minimum absolute atomic E-state index is 0.117. The van der Waals surface area contributed by atoms with E-state index in [0.717, 1.165) is 54.4 Å². The van der Waals surface area contributed by atoms with Gasteiger partial charge >= 0.3 is 0 Å². The van der Waals surface area contributed by atoms with Crippen LogP contribution in [0.25, 0.3) is 0 Å². The first-order chi connectivity index (χ1) is 13.6. The van der Waals surface area contributed by atoms with E-state index in [1.807, 2.05) is 31.2 Å². The summed E-state index contributed by atoms with van der Waals surface area (Å²) in [5.74, 6) is 1.01. The van der Waals surface area contributed by atoms with E-state index in [1.165, 1.54) is 19.4 Å². The lowest BCUT2D eigenvalue weighted by molar-refractivity contribution is -0.118. The number of anilines is 2. The molecule has 1 saturated heterocycles. The van der Waals surface area contributed by atoms with Gasteiger partial charge in [-0.05, 0) is 82.0 Å². The number of carbonyl (C=O) groups is 1. The highest BCUT2D eigenvalue weighted by Gasteiger charge is 2.26. The number of nitrogens with zero attached hydrogens (tertiary/aromatic N) is 3. The van der Waals surface area contributed by atoms with Gasteiger partial charge in [0.25, 0.3) is 0 Å².